The topological polar surface area (TPSA) is 43.2 Å². The molecule has 0 bridgehead atoms. The molecule has 1 aliphatic carbocycles. The number of nitrogens with one attached hydrogen (secondary N) is 1. The summed E-state index contributed by atoms with van der Waals surface area (Å²) in [5.41, 5.74) is 20.3. The molecule has 0 saturated heterocycles. The molecule has 14 rings (SSSR count). The molecule has 0 atom stereocenters. The van der Waals surface area contributed by atoms with Gasteiger partial charge in [-0.25, -0.2) is 0 Å². The fourth-order valence-corrected chi connectivity index (χ4v) is 13.4. The summed E-state index contributed by atoms with van der Waals surface area (Å²) >= 11 is 1.95. The largest absolute Gasteiger partial charge is 0.464 e. The highest BCUT2D eigenvalue weighted by molar-refractivity contribution is 7.27. The second-order valence-electron chi connectivity index (χ2n) is 22.0. The first-order chi connectivity index (χ1) is 32.8. The van der Waals surface area contributed by atoms with Crippen molar-refractivity contribution in [1.29, 1.82) is 0 Å². The van der Waals surface area contributed by atoms with Crippen LogP contribution in [0.2, 0.25) is 0 Å². The van der Waals surface area contributed by atoms with Crippen molar-refractivity contribution in [2.45, 2.75) is 77.6 Å². The number of anilines is 2. The van der Waals surface area contributed by atoms with Gasteiger partial charge < -0.3 is 18.7 Å². The third kappa shape index (κ3) is 5.67. The fourth-order valence-electron chi connectivity index (χ4n) is 12.1. The van der Waals surface area contributed by atoms with Crippen molar-refractivity contribution in [2.75, 3.05) is 5.32 Å². The molecule has 12 aromatic rings. The third-order valence-electron chi connectivity index (χ3n) is 15.9. The molecule has 0 unspecified atom stereocenters. The number of hydrogen-bond donors (Lipinski definition) is 1. The van der Waals surface area contributed by atoms with Crippen LogP contribution < -0.4 is 16.2 Å². The Bertz CT molecular complexity index is 4120. The van der Waals surface area contributed by atoms with Crippen LogP contribution in [-0.2, 0) is 16.2 Å². The minimum atomic E-state index is 0.0393. The summed E-state index contributed by atoms with van der Waals surface area (Å²) in [4.78, 5) is 0. The summed E-state index contributed by atoms with van der Waals surface area (Å²) in [6.45, 7) is 16.6. The van der Waals surface area contributed by atoms with Crippen LogP contribution in [0, 0.1) is 0 Å². The number of benzene rings is 8. The summed E-state index contributed by atoms with van der Waals surface area (Å²) in [6, 6.07) is 51.9. The Morgan fingerprint density at radius 2 is 1.35 bits per heavy atom. The summed E-state index contributed by atoms with van der Waals surface area (Å²) in [5.74, 6) is 0. The second kappa shape index (κ2) is 13.8. The standard InChI is InChI=1S/C62H51BN2O2S/c1-60(2,3)35-21-23-36(24-22-35)64-47-32-52-39(37-17-11-13-19-50(37)67-52)27-41(47)54-55-38-18-12-14-20-53(38)68-59(55)56-42-28-44-45(62(6,7)26-25-61(44,4)5)30-48(42)65-49-29-40-43(34-15-9-8-10-16-34)33-66-51(40)31-46(49)63-57(54)58(56)65/h8-24,27-33,63-64H,25-26H2,1-7H3. The van der Waals surface area contributed by atoms with Crippen LogP contribution in [0.5, 0.6) is 0 Å². The zero-order chi connectivity index (χ0) is 46.0. The molecule has 1 N–H and O–H groups in total. The average Bonchev–Trinajstić information content (AvgIpc) is 4.10. The Hall–Kier alpha value is -7.02. The SMILES string of the molecule is CC(C)(C)c1ccc(Nc2cc3oc4ccccc4c3cc2-c2c3c4c(c5cc6c(cc5n4-c4cc5c(-c7ccccc7)coc5cc4B3)C(C)(C)CCC6(C)C)c3sc4ccccc4c23)cc1. The molecular weight excluding hydrogens is 848 g/mol. The van der Waals surface area contributed by atoms with Gasteiger partial charge in [-0.15, -0.1) is 11.3 Å². The van der Waals surface area contributed by atoms with Crippen molar-refractivity contribution in [3.63, 3.8) is 0 Å². The zero-order valence-corrected chi connectivity index (χ0v) is 40.5. The van der Waals surface area contributed by atoms with Gasteiger partial charge in [0.1, 0.15) is 16.7 Å². The Labute approximate surface area is 400 Å². The minimum absolute atomic E-state index is 0.0393. The van der Waals surface area contributed by atoms with Gasteiger partial charge in [0.05, 0.1) is 23.0 Å². The quantitative estimate of drug-likeness (QED) is 0.179. The first-order valence-corrected chi connectivity index (χ1v) is 25.0. The fraction of sp³-hybridized carbons (Fsp3) is 0.194. The Kier molecular flexibility index (Phi) is 8.13. The number of para-hydroxylation sites is 1. The lowest BCUT2D eigenvalue weighted by atomic mass is 9.58. The number of furan rings is 2. The molecule has 0 fully saturated rings. The van der Waals surface area contributed by atoms with E-state index in [0.29, 0.717) is 0 Å². The maximum Gasteiger partial charge on any atom is 0.198 e. The van der Waals surface area contributed by atoms with Crippen LogP contribution in [0.4, 0.5) is 11.4 Å². The predicted octanol–water partition coefficient (Wildman–Crippen LogP) is 16.2. The minimum Gasteiger partial charge on any atom is -0.464 e. The van der Waals surface area contributed by atoms with E-state index in [4.69, 9.17) is 8.83 Å². The van der Waals surface area contributed by atoms with E-state index < -0.39 is 0 Å². The van der Waals surface area contributed by atoms with Gasteiger partial charge in [0, 0.05) is 75.7 Å². The van der Waals surface area contributed by atoms with Gasteiger partial charge in [0.2, 0.25) is 0 Å². The number of fused-ring (bicyclic) bond motifs is 14. The van der Waals surface area contributed by atoms with Crippen LogP contribution in [0.25, 0.3) is 103 Å². The molecule has 0 amide bonds. The van der Waals surface area contributed by atoms with E-state index in [0.717, 1.165) is 75.5 Å². The monoisotopic (exact) mass is 898 g/mol. The molecule has 1 aliphatic heterocycles. The maximum absolute atomic E-state index is 6.68. The van der Waals surface area contributed by atoms with E-state index in [-0.39, 0.29) is 16.2 Å². The average molecular weight is 899 g/mol. The van der Waals surface area contributed by atoms with Gasteiger partial charge in [-0.05, 0) is 117 Å². The van der Waals surface area contributed by atoms with Gasteiger partial charge in [0.15, 0.2) is 7.28 Å². The molecule has 0 radical (unpaired) electrons. The molecule has 5 heterocycles. The van der Waals surface area contributed by atoms with Crippen molar-refractivity contribution in [3.8, 4) is 27.9 Å². The van der Waals surface area contributed by atoms with Crippen molar-refractivity contribution in [2.24, 2.45) is 0 Å². The summed E-state index contributed by atoms with van der Waals surface area (Å²) in [7, 11) is 0.746. The van der Waals surface area contributed by atoms with Crippen molar-refractivity contribution in [1.82, 2.24) is 4.57 Å². The molecule has 4 aromatic heterocycles. The van der Waals surface area contributed by atoms with Gasteiger partial charge in [-0.3, -0.25) is 0 Å². The summed E-state index contributed by atoms with van der Waals surface area (Å²) < 4.78 is 18.5. The van der Waals surface area contributed by atoms with Crippen molar-refractivity contribution in [3.05, 3.63) is 162 Å². The lowest BCUT2D eigenvalue weighted by Gasteiger charge is -2.42. The predicted molar refractivity (Wildman–Crippen MR) is 292 cm³/mol. The first-order valence-electron chi connectivity index (χ1n) is 24.2. The molecule has 8 aromatic carbocycles. The molecule has 68 heavy (non-hydrogen) atoms. The molecule has 4 nitrogen and oxygen atoms in total. The molecule has 330 valence electrons. The van der Waals surface area contributed by atoms with Crippen LogP contribution in [-0.4, -0.2) is 11.8 Å². The maximum atomic E-state index is 6.68. The molecule has 0 saturated carbocycles. The highest BCUT2D eigenvalue weighted by atomic mass is 32.1. The van der Waals surface area contributed by atoms with Crippen LogP contribution in [0.1, 0.15) is 78.0 Å². The molecule has 2 aliphatic rings. The van der Waals surface area contributed by atoms with Gasteiger partial charge >= 0.3 is 0 Å². The van der Waals surface area contributed by atoms with Crippen molar-refractivity contribution < 1.29 is 8.83 Å². The molecule has 6 heteroatoms. The van der Waals surface area contributed by atoms with E-state index in [2.05, 4.69) is 198 Å². The number of rotatable bonds is 4. The summed E-state index contributed by atoms with van der Waals surface area (Å²) in [6.07, 6.45) is 4.27. The van der Waals surface area contributed by atoms with E-state index in [1.807, 2.05) is 17.6 Å². The van der Waals surface area contributed by atoms with Crippen LogP contribution >= 0.6 is 11.3 Å². The molecular formula is C62H51BN2O2S. The number of nitrogens with zero attached hydrogens (tertiary/aromatic N) is 1. The van der Waals surface area contributed by atoms with Crippen molar-refractivity contribution >= 4 is 116 Å². The lowest BCUT2D eigenvalue weighted by molar-refractivity contribution is 0.332. The zero-order valence-electron chi connectivity index (χ0n) is 39.6. The lowest BCUT2D eigenvalue weighted by Crippen LogP contribution is -2.37. The second-order valence-corrected chi connectivity index (χ2v) is 23.1. The van der Waals surface area contributed by atoms with Gasteiger partial charge in [0.25, 0.3) is 0 Å². The highest BCUT2D eigenvalue weighted by Crippen LogP contribution is 2.53. The Balaban J connectivity index is 1.16. The van der Waals surface area contributed by atoms with E-state index in [1.54, 1.807) is 0 Å². The van der Waals surface area contributed by atoms with E-state index in [1.165, 1.54) is 86.4 Å². The highest BCUT2D eigenvalue weighted by Gasteiger charge is 2.39. The number of hydrogen-bond acceptors (Lipinski definition) is 4. The first kappa shape index (κ1) is 40.1. The van der Waals surface area contributed by atoms with E-state index in [9.17, 15) is 0 Å². The normalized spacial score (nSPS) is 15.2. The smallest absolute Gasteiger partial charge is 0.198 e. The van der Waals surface area contributed by atoms with E-state index >= 15 is 0 Å². The third-order valence-corrected chi connectivity index (χ3v) is 17.1. The van der Waals surface area contributed by atoms with Crippen LogP contribution in [0.15, 0.2) is 155 Å². The Morgan fingerprint density at radius 3 is 2.13 bits per heavy atom. The number of aromatic nitrogens is 1. The van der Waals surface area contributed by atoms with Gasteiger partial charge in [-0.2, -0.15) is 0 Å². The number of thiophene rings is 1. The molecule has 0 spiro atoms. The Morgan fingerprint density at radius 1 is 0.632 bits per heavy atom. The van der Waals surface area contributed by atoms with Crippen LogP contribution in [0.3, 0.4) is 0 Å². The van der Waals surface area contributed by atoms with Gasteiger partial charge in [-0.1, -0.05) is 133 Å². The summed E-state index contributed by atoms with van der Waals surface area (Å²) in [5, 5.41) is 12.7.